The van der Waals surface area contributed by atoms with Crippen LogP contribution in [0.5, 0.6) is 11.5 Å². The third-order valence-corrected chi connectivity index (χ3v) is 5.69. The average Bonchev–Trinajstić information content (AvgIpc) is 2.67. The molecule has 2 atom stereocenters. The molecule has 0 spiro atoms. The summed E-state index contributed by atoms with van der Waals surface area (Å²) in [5.41, 5.74) is 2.32. The Morgan fingerprint density at radius 1 is 1.19 bits per heavy atom. The van der Waals surface area contributed by atoms with Gasteiger partial charge in [-0.2, -0.15) is 0 Å². The smallest absolute Gasteiger partial charge is 0.234 e. The molecule has 142 valence electrons. The van der Waals surface area contributed by atoms with Crippen LogP contribution in [0.3, 0.4) is 0 Å². The van der Waals surface area contributed by atoms with Crippen LogP contribution in [-0.4, -0.2) is 61.9 Å². The van der Waals surface area contributed by atoms with E-state index in [1.165, 1.54) is 5.56 Å². The van der Waals surface area contributed by atoms with Crippen molar-refractivity contribution in [1.82, 2.24) is 9.80 Å². The maximum Gasteiger partial charge on any atom is 0.234 e. The summed E-state index contributed by atoms with van der Waals surface area (Å²) in [6.45, 7) is 6.54. The Hall–Kier alpha value is -2.08. The molecule has 2 aliphatic rings. The minimum absolute atomic E-state index is 0.0202. The Kier molecular flexibility index (Phi) is 5.51. The highest BCUT2D eigenvalue weighted by atomic mass is 16.5. The molecular formula is C20H28N2O4. The Labute approximate surface area is 155 Å². The lowest BCUT2D eigenvalue weighted by Crippen LogP contribution is -2.51. The van der Waals surface area contributed by atoms with Gasteiger partial charge in [0.15, 0.2) is 11.5 Å². The zero-order valence-corrected chi connectivity index (χ0v) is 16.1. The molecule has 0 radical (unpaired) electrons. The van der Waals surface area contributed by atoms with Crippen molar-refractivity contribution in [3.63, 3.8) is 0 Å². The molecule has 6 heteroatoms. The summed E-state index contributed by atoms with van der Waals surface area (Å²) in [5, 5.41) is 0. The van der Waals surface area contributed by atoms with E-state index in [-0.39, 0.29) is 17.7 Å². The van der Waals surface area contributed by atoms with Crippen molar-refractivity contribution < 1.29 is 19.1 Å². The van der Waals surface area contributed by atoms with Crippen LogP contribution < -0.4 is 9.47 Å². The van der Waals surface area contributed by atoms with Gasteiger partial charge in [0.05, 0.1) is 14.2 Å². The Morgan fingerprint density at radius 2 is 1.85 bits per heavy atom. The molecule has 0 bridgehead atoms. The fourth-order valence-corrected chi connectivity index (χ4v) is 4.18. The van der Waals surface area contributed by atoms with Crippen molar-refractivity contribution in [3.05, 3.63) is 23.3 Å². The van der Waals surface area contributed by atoms with Crippen LogP contribution in [0.2, 0.25) is 0 Å². The number of amides is 1. The van der Waals surface area contributed by atoms with Crippen molar-refractivity contribution in [2.24, 2.45) is 5.92 Å². The number of carbonyl (C=O) groups is 2. The number of ketones is 1. The second kappa shape index (κ2) is 7.66. The lowest BCUT2D eigenvalue weighted by Gasteiger charge is -2.43. The van der Waals surface area contributed by atoms with Gasteiger partial charge in [-0.1, -0.05) is 0 Å². The number of nitrogens with zero attached hydrogens (tertiary/aromatic N) is 2. The highest BCUT2D eigenvalue weighted by Crippen LogP contribution is 2.42. The van der Waals surface area contributed by atoms with Gasteiger partial charge in [-0.25, -0.2) is 0 Å². The maximum absolute atomic E-state index is 12.8. The lowest BCUT2D eigenvalue weighted by atomic mass is 9.82. The molecule has 1 amide bonds. The summed E-state index contributed by atoms with van der Waals surface area (Å²) < 4.78 is 10.8. The topological polar surface area (TPSA) is 59.1 Å². The van der Waals surface area contributed by atoms with Gasteiger partial charge in [-0.3, -0.25) is 14.5 Å². The predicted octanol–water partition coefficient (Wildman–Crippen LogP) is 2.06. The molecule has 0 unspecified atom stereocenters. The van der Waals surface area contributed by atoms with Crippen LogP contribution >= 0.6 is 0 Å². The summed E-state index contributed by atoms with van der Waals surface area (Å²) >= 11 is 0. The van der Waals surface area contributed by atoms with Crippen molar-refractivity contribution in [2.45, 2.75) is 32.7 Å². The largest absolute Gasteiger partial charge is 0.493 e. The van der Waals surface area contributed by atoms with Crippen LogP contribution in [0.15, 0.2) is 12.1 Å². The molecule has 2 aliphatic heterocycles. The van der Waals surface area contributed by atoms with E-state index in [1.807, 2.05) is 26.0 Å². The second-order valence-corrected chi connectivity index (χ2v) is 6.90. The van der Waals surface area contributed by atoms with Crippen LogP contribution in [-0.2, 0) is 16.0 Å². The molecule has 6 nitrogen and oxygen atoms in total. The summed E-state index contributed by atoms with van der Waals surface area (Å²) in [4.78, 5) is 29.5. The van der Waals surface area contributed by atoms with Crippen LogP contribution in [0.1, 0.15) is 37.4 Å². The van der Waals surface area contributed by atoms with E-state index < -0.39 is 5.92 Å². The number of hydrogen-bond donors (Lipinski definition) is 0. The number of rotatable bonds is 5. The van der Waals surface area contributed by atoms with Crippen LogP contribution in [0.25, 0.3) is 0 Å². The zero-order chi connectivity index (χ0) is 18.8. The number of Topliss-reactive ketones (excluding diaryl/α,β-unsaturated/α-hetero) is 1. The number of piperidine rings is 1. The van der Waals surface area contributed by atoms with E-state index in [0.29, 0.717) is 31.8 Å². The molecule has 0 saturated carbocycles. The molecule has 0 aliphatic carbocycles. The van der Waals surface area contributed by atoms with Gasteiger partial charge in [0.1, 0.15) is 11.7 Å². The van der Waals surface area contributed by atoms with E-state index in [0.717, 1.165) is 24.3 Å². The van der Waals surface area contributed by atoms with Gasteiger partial charge < -0.3 is 14.4 Å². The van der Waals surface area contributed by atoms with E-state index in [4.69, 9.17) is 9.47 Å². The van der Waals surface area contributed by atoms with Gasteiger partial charge in [0.2, 0.25) is 5.91 Å². The van der Waals surface area contributed by atoms with Crippen LogP contribution in [0, 0.1) is 5.92 Å². The summed E-state index contributed by atoms with van der Waals surface area (Å²) in [6, 6.07) is 4.03. The molecule has 0 aromatic heterocycles. The van der Waals surface area contributed by atoms with Crippen molar-refractivity contribution in [2.75, 3.05) is 40.4 Å². The van der Waals surface area contributed by atoms with E-state index in [2.05, 4.69) is 4.90 Å². The standard InChI is InChI=1S/C20H28N2O4/c1-5-21(6-2)20(24)15-12-22-8-7-13-9-18(25-3)19(26-4)10-14(13)16(22)11-17(15)23/h9-10,15-16H,5-8,11-12H2,1-4H3/t15-,16-/m0/s1. The van der Waals surface area contributed by atoms with Gasteiger partial charge in [-0.05, 0) is 43.5 Å². The van der Waals surface area contributed by atoms with Crippen molar-refractivity contribution in [1.29, 1.82) is 0 Å². The van der Waals surface area contributed by atoms with Gasteiger partial charge in [-0.15, -0.1) is 0 Å². The SMILES string of the molecule is CCN(CC)C(=O)[C@H]1CN2CCc3cc(OC)c(OC)cc3[C@@H]2CC1=O. The number of hydrogen-bond acceptors (Lipinski definition) is 5. The number of fused-ring (bicyclic) bond motifs is 3. The van der Waals surface area contributed by atoms with Gasteiger partial charge in [0, 0.05) is 38.6 Å². The third-order valence-electron chi connectivity index (χ3n) is 5.69. The highest BCUT2D eigenvalue weighted by molar-refractivity contribution is 6.02. The Bertz CT molecular complexity index is 699. The molecule has 2 heterocycles. The predicted molar refractivity (Wildman–Crippen MR) is 98.6 cm³/mol. The first-order valence-corrected chi connectivity index (χ1v) is 9.34. The molecule has 1 saturated heterocycles. The van der Waals surface area contributed by atoms with E-state index >= 15 is 0 Å². The Balaban J connectivity index is 1.87. The minimum atomic E-state index is -0.534. The minimum Gasteiger partial charge on any atom is -0.493 e. The number of carbonyl (C=O) groups excluding carboxylic acids is 2. The molecule has 26 heavy (non-hydrogen) atoms. The molecule has 1 aromatic carbocycles. The highest BCUT2D eigenvalue weighted by Gasteiger charge is 2.42. The first kappa shape index (κ1) is 18.7. The zero-order valence-electron chi connectivity index (χ0n) is 16.1. The van der Waals surface area contributed by atoms with Gasteiger partial charge in [0.25, 0.3) is 0 Å². The molecule has 1 fully saturated rings. The maximum atomic E-state index is 12.8. The summed E-state index contributed by atoms with van der Waals surface area (Å²) in [5.74, 6) is 0.883. The first-order valence-electron chi connectivity index (χ1n) is 9.34. The molecular weight excluding hydrogens is 332 g/mol. The first-order chi connectivity index (χ1) is 12.5. The summed E-state index contributed by atoms with van der Waals surface area (Å²) in [7, 11) is 3.25. The van der Waals surface area contributed by atoms with Crippen LogP contribution in [0.4, 0.5) is 0 Å². The van der Waals surface area contributed by atoms with Crippen molar-refractivity contribution >= 4 is 11.7 Å². The number of methoxy groups -OCH3 is 2. The van der Waals surface area contributed by atoms with E-state index in [1.54, 1.807) is 19.1 Å². The fourth-order valence-electron chi connectivity index (χ4n) is 4.18. The molecule has 3 rings (SSSR count). The summed E-state index contributed by atoms with van der Waals surface area (Å²) in [6.07, 6.45) is 1.26. The van der Waals surface area contributed by atoms with Gasteiger partial charge >= 0.3 is 0 Å². The number of benzene rings is 1. The fraction of sp³-hybridized carbons (Fsp3) is 0.600. The average molecular weight is 360 g/mol. The normalized spacial score (nSPS) is 22.4. The molecule has 0 N–H and O–H groups in total. The monoisotopic (exact) mass is 360 g/mol. The lowest BCUT2D eigenvalue weighted by molar-refractivity contribution is -0.145. The number of ether oxygens (including phenoxy) is 2. The second-order valence-electron chi connectivity index (χ2n) is 6.90. The quantitative estimate of drug-likeness (QED) is 0.753. The Morgan fingerprint density at radius 3 is 2.46 bits per heavy atom. The van der Waals surface area contributed by atoms with E-state index in [9.17, 15) is 9.59 Å². The molecule has 1 aromatic rings. The third kappa shape index (κ3) is 3.18. The van der Waals surface area contributed by atoms with Crippen molar-refractivity contribution in [3.8, 4) is 11.5 Å².